The van der Waals surface area contributed by atoms with E-state index in [1.165, 1.54) is 37.8 Å². The van der Waals surface area contributed by atoms with Gasteiger partial charge in [0.1, 0.15) is 5.82 Å². The molecule has 0 saturated carbocycles. The van der Waals surface area contributed by atoms with E-state index < -0.39 is 17.4 Å². The zero-order valence-corrected chi connectivity index (χ0v) is 17.3. The maximum absolute atomic E-state index is 13.1. The quantitative estimate of drug-likeness (QED) is 0.285. The average molecular weight is 417 g/mol. The van der Waals surface area contributed by atoms with E-state index in [0.717, 1.165) is 29.0 Å². The molecule has 10 nitrogen and oxygen atoms in total. The van der Waals surface area contributed by atoms with Gasteiger partial charge in [-0.05, 0) is 59.9 Å². The van der Waals surface area contributed by atoms with E-state index in [1.807, 2.05) is 6.92 Å². The SMILES string of the molecule is CC(=O)C(=NN(C)C(=O)CCCCc1ccc(F)cc1C)C(=O)Nc1nnnn1C. The number of ketones is 1. The molecule has 0 atom stereocenters. The Balaban J connectivity index is 1.90. The second-order valence-corrected chi connectivity index (χ2v) is 6.78. The zero-order chi connectivity index (χ0) is 22.3. The van der Waals surface area contributed by atoms with E-state index in [1.54, 1.807) is 6.07 Å². The van der Waals surface area contributed by atoms with Crippen LogP contribution < -0.4 is 5.32 Å². The molecule has 0 aliphatic rings. The smallest absolute Gasteiger partial charge is 0.282 e. The van der Waals surface area contributed by atoms with Crippen LogP contribution in [0.15, 0.2) is 23.3 Å². The van der Waals surface area contributed by atoms with Crippen molar-refractivity contribution in [2.24, 2.45) is 12.1 Å². The molecule has 2 aromatic rings. The van der Waals surface area contributed by atoms with Crippen molar-refractivity contribution in [3.63, 3.8) is 0 Å². The lowest BCUT2D eigenvalue weighted by atomic mass is 10.0. The van der Waals surface area contributed by atoms with Gasteiger partial charge < -0.3 is 0 Å². The van der Waals surface area contributed by atoms with Crippen LogP contribution in [0.4, 0.5) is 10.3 Å². The minimum absolute atomic E-state index is 0.0408. The first kappa shape index (κ1) is 22.8. The number of aromatic nitrogens is 4. The van der Waals surface area contributed by atoms with Crippen molar-refractivity contribution in [1.29, 1.82) is 0 Å². The van der Waals surface area contributed by atoms with Crippen LogP contribution in [0.3, 0.4) is 0 Å². The molecule has 0 spiro atoms. The van der Waals surface area contributed by atoms with Crippen LogP contribution in [0, 0.1) is 12.7 Å². The Kier molecular flexibility index (Phi) is 7.84. The number of hydrogen-bond acceptors (Lipinski definition) is 7. The number of anilines is 1. The summed E-state index contributed by atoms with van der Waals surface area (Å²) >= 11 is 0. The molecular formula is C19H24FN7O3. The fourth-order valence-corrected chi connectivity index (χ4v) is 2.67. The Morgan fingerprint density at radius 1 is 1.27 bits per heavy atom. The molecule has 1 heterocycles. The number of Topliss-reactive ketones (excluding diaryl/α,β-unsaturated/α-hetero) is 1. The lowest BCUT2D eigenvalue weighted by Crippen LogP contribution is -2.33. The summed E-state index contributed by atoms with van der Waals surface area (Å²) < 4.78 is 14.4. The van der Waals surface area contributed by atoms with Crippen LogP contribution in [-0.2, 0) is 27.9 Å². The normalized spacial score (nSPS) is 11.3. The molecule has 0 fully saturated rings. The summed E-state index contributed by atoms with van der Waals surface area (Å²) in [7, 11) is 2.90. The van der Waals surface area contributed by atoms with Crippen LogP contribution in [0.1, 0.15) is 37.3 Å². The number of hydrogen-bond donors (Lipinski definition) is 1. The standard InChI is InChI=1S/C19H24FN7O3/c1-12-11-15(20)10-9-14(12)7-5-6-8-16(29)26(3)23-17(13(2)28)18(30)21-19-22-24-25-27(19)4/h9-11H,5-8H2,1-4H3,(H,21,22,25,30). The Labute approximate surface area is 173 Å². The third-order valence-corrected chi connectivity index (χ3v) is 4.40. The summed E-state index contributed by atoms with van der Waals surface area (Å²) in [5.74, 6) is -1.98. The highest BCUT2D eigenvalue weighted by molar-refractivity contribution is 6.67. The topological polar surface area (TPSA) is 122 Å². The predicted octanol–water partition coefficient (Wildman–Crippen LogP) is 1.41. The van der Waals surface area contributed by atoms with Crippen molar-refractivity contribution in [3.05, 3.63) is 35.1 Å². The van der Waals surface area contributed by atoms with Crippen LogP contribution in [0.2, 0.25) is 0 Å². The average Bonchev–Trinajstić information content (AvgIpc) is 3.08. The van der Waals surface area contributed by atoms with E-state index in [2.05, 4.69) is 25.9 Å². The zero-order valence-electron chi connectivity index (χ0n) is 17.3. The predicted molar refractivity (Wildman–Crippen MR) is 107 cm³/mol. The maximum atomic E-state index is 13.1. The summed E-state index contributed by atoms with van der Waals surface area (Å²) in [4.78, 5) is 36.4. The Hall–Kier alpha value is -3.50. The molecule has 0 saturated heterocycles. The summed E-state index contributed by atoms with van der Waals surface area (Å²) in [6, 6.07) is 4.64. The molecule has 1 aromatic carbocycles. The van der Waals surface area contributed by atoms with Gasteiger partial charge in [0.15, 0.2) is 11.5 Å². The number of tetrazole rings is 1. The highest BCUT2D eigenvalue weighted by atomic mass is 19.1. The molecule has 30 heavy (non-hydrogen) atoms. The molecule has 0 radical (unpaired) electrons. The molecule has 1 N–H and O–H groups in total. The van der Waals surface area contributed by atoms with Gasteiger partial charge >= 0.3 is 0 Å². The van der Waals surface area contributed by atoms with Crippen LogP contribution in [-0.4, -0.2) is 55.6 Å². The second-order valence-electron chi connectivity index (χ2n) is 6.78. The van der Waals surface area contributed by atoms with Crippen LogP contribution in [0.5, 0.6) is 0 Å². The van der Waals surface area contributed by atoms with Gasteiger partial charge in [-0.3, -0.25) is 19.7 Å². The highest BCUT2D eigenvalue weighted by Crippen LogP contribution is 2.14. The van der Waals surface area contributed by atoms with Gasteiger partial charge in [-0.2, -0.15) is 5.10 Å². The number of hydrazone groups is 1. The third-order valence-electron chi connectivity index (χ3n) is 4.40. The van der Waals surface area contributed by atoms with Crippen molar-refractivity contribution < 1.29 is 18.8 Å². The fraction of sp³-hybridized carbons (Fsp3) is 0.421. The lowest BCUT2D eigenvalue weighted by Gasteiger charge is -2.13. The number of halogens is 1. The fourth-order valence-electron chi connectivity index (χ4n) is 2.67. The van der Waals surface area contributed by atoms with E-state index in [4.69, 9.17) is 0 Å². The monoisotopic (exact) mass is 417 g/mol. The van der Waals surface area contributed by atoms with Gasteiger partial charge in [-0.25, -0.2) is 14.1 Å². The highest BCUT2D eigenvalue weighted by Gasteiger charge is 2.21. The van der Waals surface area contributed by atoms with Crippen molar-refractivity contribution in [2.75, 3.05) is 12.4 Å². The minimum Gasteiger partial charge on any atom is -0.292 e. The van der Waals surface area contributed by atoms with Crippen LogP contribution in [0.25, 0.3) is 0 Å². The van der Waals surface area contributed by atoms with Crippen molar-refractivity contribution in [2.45, 2.75) is 39.5 Å². The molecule has 160 valence electrons. The number of nitrogens with one attached hydrogen (secondary N) is 1. The third kappa shape index (κ3) is 6.26. The van der Waals surface area contributed by atoms with Gasteiger partial charge in [0.05, 0.1) is 0 Å². The number of nitrogens with zero attached hydrogens (tertiary/aromatic N) is 6. The Bertz CT molecular complexity index is 971. The molecule has 0 aliphatic carbocycles. The number of benzene rings is 1. The number of unbranched alkanes of at least 4 members (excludes halogenated alkanes) is 1. The van der Waals surface area contributed by atoms with Crippen molar-refractivity contribution in [3.8, 4) is 0 Å². The number of amides is 2. The second kappa shape index (κ2) is 10.3. The maximum Gasteiger partial charge on any atom is 0.282 e. The molecule has 11 heteroatoms. The van der Waals surface area contributed by atoms with Crippen LogP contribution >= 0.6 is 0 Å². The minimum atomic E-state index is -0.813. The van der Waals surface area contributed by atoms with E-state index >= 15 is 0 Å². The largest absolute Gasteiger partial charge is 0.292 e. The van der Waals surface area contributed by atoms with E-state index in [9.17, 15) is 18.8 Å². The summed E-state index contributed by atoms with van der Waals surface area (Å²) in [6.45, 7) is 3.02. The summed E-state index contributed by atoms with van der Waals surface area (Å²) in [5.41, 5.74) is 1.47. The van der Waals surface area contributed by atoms with Gasteiger partial charge in [0.25, 0.3) is 5.91 Å². The molecule has 0 bridgehead atoms. The number of aryl methyl sites for hydroxylation is 3. The molecule has 0 aliphatic heterocycles. The Morgan fingerprint density at radius 3 is 2.60 bits per heavy atom. The van der Waals surface area contributed by atoms with E-state index in [0.29, 0.717) is 6.42 Å². The first-order chi connectivity index (χ1) is 14.2. The first-order valence-corrected chi connectivity index (χ1v) is 9.34. The molecular weight excluding hydrogens is 393 g/mol. The molecule has 0 unspecified atom stereocenters. The van der Waals surface area contributed by atoms with Crippen molar-refractivity contribution in [1.82, 2.24) is 25.2 Å². The van der Waals surface area contributed by atoms with Gasteiger partial charge in [-0.1, -0.05) is 11.2 Å². The summed E-state index contributed by atoms with van der Waals surface area (Å²) in [6.07, 6.45) is 2.23. The number of rotatable bonds is 9. The lowest BCUT2D eigenvalue weighted by molar-refractivity contribution is -0.130. The molecule has 2 rings (SSSR count). The molecule has 1 aromatic heterocycles. The summed E-state index contributed by atoms with van der Waals surface area (Å²) in [5, 5.41) is 17.8. The number of carbonyl (C=O) groups is 3. The molecule has 2 amide bonds. The van der Waals surface area contributed by atoms with Gasteiger partial charge in [0, 0.05) is 27.4 Å². The van der Waals surface area contributed by atoms with Gasteiger partial charge in [0.2, 0.25) is 11.9 Å². The van der Waals surface area contributed by atoms with Crippen molar-refractivity contribution >= 4 is 29.3 Å². The van der Waals surface area contributed by atoms with E-state index in [-0.39, 0.29) is 24.1 Å². The van der Waals surface area contributed by atoms with Gasteiger partial charge in [-0.15, -0.1) is 0 Å². The first-order valence-electron chi connectivity index (χ1n) is 9.34. The number of carbonyl (C=O) groups excluding carboxylic acids is 3. The Morgan fingerprint density at radius 2 is 2.00 bits per heavy atom.